The van der Waals surface area contributed by atoms with Crippen molar-refractivity contribution >= 4 is 38.8 Å². The molecule has 0 bridgehead atoms. The first-order valence-corrected chi connectivity index (χ1v) is 8.44. The van der Waals surface area contributed by atoms with Gasteiger partial charge in [-0.3, -0.25) is 0 Å². The molecule has 7 heteroatoms. The SMILES string of the molecule is Cc1c(-c2ccc(OCC(=O)O)cc2)nc2ccc(Br)cc2c1C(=O)O. The van der Waals surface area contributed by atoms with E-state index >= 15 is 0 Å². The van der Waals surface area contributed by atoms with Gasteiger partial charge in [0.15, 0.2) is 6.61 Å². The molecule has 0 aliphatic heterocycles. The van der Waals surface area contributed by atoms with Crippen LogP contribution in [0.25, 0.3) is 22.2 Å². The van der Waals surface area contributed by atoms with Crippen LogP contribution in [0, 0.1) is 6.92 Å². The van der Waals surface area contributed by atoms with Gasteiger partial charge in [0.1, 0.15) is 5.75 Å². The fourth-order valence-corrected chi connectivity index (χ4v) is 3.10. The van der Waals surface area contributed by atoms with Gasteiger partial charge in [0.05, 0.1) is 16.8 Å². The summed E-state index contributed by atoms with van der Waals surface area (Å²) in [5.41, 5.74) is 2.62. The Morgan fingerprint density at radius 2 is 1.81 bits per heavy atom. The fraction of sp³-hybridized carbons (Fsp3) is 0.105. The number of halogens is 1. The normalized spacial score (nSPS) is 10.7. The third-order valence-corrected chi connectivity index (χ3v) is 4.39. The largest absolute Gasteiger partial charge is 0.482 e. The third-order valence-electron chi connectivity index (χ3n) is 3.89. The molecule has 1 aromatic heterocycles. The summed E-state index contributed by atoms with van der Waals surface area (Å²) < 4.78 is 5.89. The van der Waals surface area contributed by atoms with Crippen LogP contribution in [0.5, 0.6) is 5.75 Å². The zero-order chi connectivity index (χ0) is 18.8. The molecule has 1 heterocycles. The Morgan fingerprint density at radius 1 is 1.12 bits per heavy atom. The van der Waals surface area contributed by atoms with E-state index in [0.717, 1.165) is 10.0 Å². The molecule has 3 aromatic rings. The second-order valence-electron chi connectivity index (χ2n) is 5.63. The summed E-state index contributed by atoms with van der Waals surface area (Å²) >= 11 is 3.36. The number of hydrogen-bond acceptors (Lipinski definition) is 4. The maximum Gasteiger partial charge on any atom is 0.341 e. The van der Waals surface area contributed by atoms with Gasteiger partial charge >= 0.3 is 11.9 Å². The summed E-state index contributed by atoms with van der Waals surface area (Å²) in [6.45, 7) is 1.30. The molecule has 0 unspecified atom stereocenters. The number of ether oxygens (including phenoxy) is 1. The molecule has 2 N–H and O–H groups in total. The highest BCUT2D eigenvalue weighted by Gasteiger charge is 2.18. The highest BCUT2D eigenvalue weighted by molar-refractivity contribution is 9.10. The average Bonchev–Trinajstić information content (AvgIpc) is 2.59. The number of aromatic carboxylic acids is 1. The van der Waals surface area contributed by atoms with E-state index in [-0.39, 0.29) is 5.56 Å². The summed E-state index contributed by atoms with van der Waals surface area (Å²) in [6.07, 6.45) is 0. The van der Waals surface area contributed by atoms with E-state index in [0.29, 0.717) is 27.9 Å². The van der Waals surface area contributed by atoms with Crippen molar-refractivity contribution in [2.75, 3.05) is 6.61 Å². The van der Waals surface area contributed by atoms with Crippen LogP contribution in [0.1, 0.15) is 15.9 Å². The minimum Gasteiger partial charge on any atom is -0.482 e. The maximum absolute atomic E-state index is 11.8. The van der Waals surface area contributed by atoms with Crippen LogP contribution in [-0.2, 0) is 4.79 Å². The third kappa shape index (κ3) is 3.52. The molecule has 0 radical (unpaired) electrons. The molecular formula is C19H14BrNO5. The van der Waals surface area contributed by atoms with E-state index in [1.807, 2.05) is 6.07 Å². The quantitative estimate of drug-likeness (QED) is 0.649. The van der Waals surface area contributed by atoms with Crippen molar-refractivity contribution in [1.29, 1.82) is 0 Å². The highest BCUT2D eigenvalue weighted by atomic mass is 79.9. The number of aliphatic carboxylic acids is 1. The van der Waals surface area contributed by atoms with Gasteiger partial charge in [-0.15, -0.1) is 0 Å². The Hall–Kier alpha value is -2.93. The maximum atomic E-state index is 11.8. The Labute approximate surface area is 157 Å². The van der Waals surface area contributed by atoms with Crippen LogP contribution in [0.3, 0.4) is 0 Å². The van der Waals surface area contributed by atoms with Crippen LogP contribution < -0.4 is 4.74 Å². The van der Waals surface area contributed by atoms with Crippen LogP contribution in [0.4, 0.5) is 0 Å². The second-order valence-corrected chi connectivity index (χ2v) is 6.55. The van der Waals surface area contributed by atoms with E-state index in [1.165, 1.54) is 0 Å². The molecule has 0 atom stereocenters. The number of carboxylic acids is 2. The van der Waals surface area contributed by atoms with Gasteiger partial charge in [0.25, 0.3) is 0 Å². The number of carboxylic acid groups (broad SMARTS) is 2. The van der Waals surface area contributed by atoms with E-state index < -0.39 is 18.5 Å². The number of rotatable bonds is 5. The van der Waals surface area contributed by atoms with Gasteiger partial charge < -0.3 is 14.9 Å². The zero-order valence-corrected chi connectivity index (χ0v) is 15.3. The molecule has 3 rings (SSSR count). The molecule has 0 amide bonds. The van der Waals surface area contributed by atoms with Gasteiger partial charge in [-0.05, 0) is 55.0 Å². The summed E-state index contributed by atoms with van der Waals surface area (Å²) in [7, 11) is 0. The number of benzene rings is 2. The van der Waals surface area contributed by atoms with Crippen LogP contribution in [-0.4, -0.2) is 33.7 Å². The number of aromatic nitrogens is 1. The summed E-state index contributed by atoms with van der Waals surface area (Å²) in [5, 5.41) is 18.9. The summed E-state index contributed by atoms with van der Waals surface area (Å²) in [6, 6.07) is 12.0. The Bertz CT molecular complexity index is 1010. The first kappa shape index (κ1) is 17.9. The Balaban J connectivity index is 2.10. The van der Waals surface area contributed by atoms with E-state index in [2.05, 4.69) is 20.9 Å². The first-order chi connectivity index (χ1) is 12.4. The standard InChI is InChI=1S/C19H14BrNO5/c1-10-17(19(24)25)14-8-12(20)4-7-15(14)21-18(10)11-2-5-13(6-3-11)26-9-16(22)23/h2-8H,9H2,1H3,(H,22,23)(H,24,25). The number of nitrogens with zero attached hydrogens (tertiary/aromatic N) is 1. The monoisotopic (exact) mass is 415 g/mol. The predicted octanol–water partition coefficient (Wildman–Crippen LogP) is 4.13. The number of carbonyl (C=O) groups is 2. The molecule has 0 aliphatic rings. The Morgan fingerprint density at radius 3 is 2.42 bits per heavy atom. The van der Waals surface area contributed by atoms with Gasteiger partial charge in [0, 0.05) is 15.4 Å². The minimum absolute atomic E-state index is 0.206. The minimum atomic E-state index is -1.06. The van der Waals surface area contributed by atoms with Crippen molar-refractivity contribution in [2.45, 2.75) is 6.92 Å². The average molecular weight is 416 g/mol. The summed E-state index contributed by atoms with van der Waals surface area (Å²) in [5.74, 6) is -1.66. The lowest BCUT2D eigenvalue weighted by molar-refractivity contribution is -0.139. The zero-order valence-electron chi connectivity index (χ0n) is 13.7. The molecule has 132 valence electrons. The topological polar surface area (TPSA) is 96.7 Å². The van der Waals surface area contributed by atoms with Crippen LogP contribution in [0.15, 0.2) is 46.9 Å². The van der Waals surface area contributed by atoms with Gasteiger partial charge in [-0.1, -0.05) is 15.9 Å². The number of pyridine rings is 1. The van der Waals surface area contributed by atoms with Gasteiger partial charge in [-0.2, -0.15) is 0 Å². The van der Waals surface area contributed by atoms with Crippen molar-refractivity contribution in [3.8, 4) is 17.0 Å². The Kier molecular flexibility index (Phi) is 4.90. The molecule has 6 nitrogen and oxygen atoms in total. The first-order valence-electron chi connectivity index (χ1n) is 7.65. The van der Waals surface area contributed by atoms with Gasteiger partial charge in [0.2, 0.25) is 0 Å². The molecule has 0 saturated heterocycles. The molecule has 0 saturated carbocycles. The molecule has 0 aliphatic carbocycles. The molecular weight excluding hydrogens is 402 g/mol. The fourth-order valence-electron chi connectivity index (χ4n) is 2.74. The molecule has 2 aromatic carbocycles. The number of fused-ring (bicyclic) bond motifs is 1. The van der Waals surface area contributed by atoms with Crippen LogP contribution in [0.2, 0.25) is 0 Å². The van der Waals surface area contributed by atoms with Gasteiger partial charge in [-0.25, -0.2) is 14.6 Å². The molecule has 26 heavy (non-hydrogen) atoms. The number of hydrogen-bond donors (Lipinski definition) is 2. The van der Waals surface area contributed by atoms with Crippen molar-refractivity contribution < 1.29 is 24.5 Å². The van der Waals surface area contributed by atoms with Crippen molar-refractivity contribution in [3.63, 3.8) is 0 Å². The van der Waals surface area contributed by atoms with Crippen LogP contribution >= 0.6 is 15.9 Å². The second kappa shape index (κ2) is 7.13. The molecule has 0 spiro atoms. The van der Waals surface area contributed by atoms with E-state index in [9.17, 15) is 14.7 Å². The van der Waals surface area contributed by atoms with Crippen molar-refractivity contribution in [1.82, 2.24) is 4.98 Å². The highest BCUT2D eigenvalue weighted by Crippen LogP contribution is 2.32. The predicted molar refractivity (Wildman–Crippen MR) is 99.7 cm³/mol. The van der Waals surface area contributed by atoms with E-state index in [1.54, 1.807) is 43.3 Å². The summed E-state index contributed by atoms with van der Waals surface area (Å²) in [4.78, 5) is 27.0. The van der Waals surface area contributed by atoms with Crippen molar-refractivity contribution in [2.24, 2.45) is 0 Å². The smallest absolute Gasteiger partial charge is 0.341 e. The molecule has 0 fully saturated rings. The van der Waals surface area contributed by atoms with Crippen molar-refractivity contribution in [3.05, 3.63) is 58.1 Å². The lowest BCUT2D eigenvalue weighted by Crippen LogP contribution is -2.09. The lowest BCUT2D eigenvalue weighted by Gasteiger charge is -2.13. The lowest BCUT2D eigenvalue weighted by atomic mass is 9.98. The van der Waals surface area contributed by atoms with E-state index in [4.69, 9.17) is 9.84 Å².